The molecule has 6 heteroatoms. The third kappa shape index (κ3) is 4.58. The van der Waals surface area contributed by atoms with Gasteiger partial charge in [0.1, 0.15) is 5.76 Å². The lowest BCUT2D eigenvalue weighted by atomic mass is 10.0. The lowest BCUT2D eigenvalue weighted by Crippen LogP contribution is -2.40. The molecule has 0 aliphatic heterocycles. The number of benzene rings is 1. The Hall–Kier alpha value is -2.34. The van der Waals surface area contributed by atoms with E-state index < -0.39 is 6.04 Å². The first-order valence-electron chi connectivity index (χ1n) is 8.21. The second-order valence-electron chi connectivity index (χ2n) is 5.78. The van der Waals surface area contributed by atoms with Gasteiger partial charge < -0.3 is 20.3 Å². The molecular weight excluding hydrogens is 306 g/mol. The molecule has 0 spiro atoms. The zero-order chi connectivity index (χ0) is 17.5. The summed E-state index contributed by atoms with van der Waals surface area (Å²) in [4.78, 5) is 12.0. The summed E-state index contributed by atoms with van der Waals surface area (Å²) in [5, 5.41) is 19.0. The summed E-state index contributed by atoms with van der Waals surface area (Å²) >= 11 is 0. The number of aliphatic hydroxyl groups excluding tert-OH is 1. The van der Waals surface area contributed by atoms with E-state index in [2.05, 4.69) is 22.7 Å². The van der Waals surface area contributed by atoms with Gasteiger partial charge in [-0.1, -0.05) is 36.3 Å². The maximum Gasteiger partial charge on any atom is 0.315 e. The zero-order valence-corrected chi connectivity index (χ0v) is 14.4. The van der Waals surface area contributed by atoms with Gasteiger partial charge in [0.05, 0.1) is 18.3 Å². The van der Waals surface area contributed by atoms with Crippen LogP contribution in [0.3, 0.4) is 0 Å². The van der Waals surface area contributed by atoms with Crippen molar-refractivity contribution in [3.8, 4) is 0 Å². The van der Waals surface area contributed by atoms with Gasteiger partial charge >= 0.3 is 6.03 Å². The molecule has 1 unspecified atom stereocenters. The van der Waals surface area contributed by atoms with Gasteiger partial charge in [-0.25, -0.2) is 4.79 Å². The average Bonchev–Trinajstić information content (AvgIpc) is 2.91. The summed E-state index contributed by atoms with van der Waals surface area (Å²) < 4.78 is 5.10. The smallest absolute Gasteiger partial charge is 0.315 e. The van der Waals surface area contributed by atoms with Crippen molar-refractivity contribution in [1.82, 2.24) is 15.8 Å². The summed E-state index contributed by atoms with van der Waals surface area (Å²) in [5.41, 5.74) is 3.97. The molecule has 0 bridgehead atoms. The molecule has 3 N–H and O–H groups in total. The second-order valence-corrected chi connectivity index (χ2v) is 5.78. The Bertz CT molecular complexity index is 645. The number of nitrogens with zero attached hydrogens (tertiary/aromatic N) is 1. The van der Waals surface area contributed by atoms with Crippen LogP contribution in [0.5, 0.6) is 0 Å². The summed E-state index contributed by atoms with van der Waals surface area (Å²) in [7, 11) is 0. The number of aliphatic hydroxyl groups is 1. The second kappa shape index (κ2) is 8.49. The van der Waals surface area contributed by atoms with Gasteiger partial charge in [0.2, 0.25) is 0 Å². The van der Waals surface area contributed by atoms with Crippen LogP contribution < -0.4 is 10.6 Å². The van der Waals surface area contributed by atoms with E-state index in [1.54, 1.807) is 0 Å². The SMILES string of the molecule is CCc1ccc(C(CO)NC(=O)NCCc2c(C)noc2C)cc1. The number of urea groups is 1. The highest BCUT2D eigenvalue weighted by Gasteiger charge is 2.14. The van der Waals surface area contributed by atoms with Gasteiger partial charge in [-0.2, -0.15) is 0 Å². The van der Waals surface area contributed by atoms with E-state index in [1.165, 1.54) is 5.56 Å². The monoisotopic (exact) mass is 331 g/mol. The minimum atomic E-state index is -0.421. The van der Waals surface area contributed by atoms with Gasteiger partial charge in [0.25, 0.3) is 0 Å². The molecule has 0 saturated heterocycles. The Labute approximate surface area is 142 Å². The molecule has 24 heavy (non-hydrogen) atoms. The van der Waals surface area contributed by atoms with Crippen LogP contribution >= 0.6 is 0 Å². The molecule has 130 valence electrons. The highest BCUT2D eigenvalue weighted by atomic mass is 16.5. The number of hydrogen-bond acceptors (Lipinski definition) is 4. The van der Waals surface area contributed by atoms with Crippen molar-refractivity contribution < 1.29 is 14.4 Å². The topological polar surface area (TPSA) is 87.4 Å². The Morgan fingerprint density at radius 3 is 2.54 bits per heavy atom. The minimum absolute atomic E-state index is 0.150. The molecule has 1 heterocycles. The van der Waals surface area contributed by atoms with Crippen molar-refractivity contribution in [3.05, 3.63) is 52.4 Å². The van der Waals surface area contributed by atoms with Crippen LogP contribution in [0.2, 0.25) is 0 Å². The molecule has 1 aromatic heterocycles. The first-order valence-corrected chi connectivity index (χ1v) is 8.21. The van der Waals surface area contributed by atoms with Crippen LogP contribution in [0, 0.1) is 13.8 Å². The summed E-state index contributed by atoms with van der Waals surface area (Å²) in [6, 6.07) is 7.16. The van der Waals surface area contributed by atoms with E-state index in [0.29, 0.717) is 13.0 Å². The first kappa shape index (κ1) is 18.0. The molecule has 6 nitrogen and oxygen atoms in total. The highest BCUT2D eigenvalue weighted by Crippen LogP contribution is 2.14. The number of rotatable bonds is 7. The van der Waals surface area contributed by atoms with Crippen LogP contribution in [-0.2, 0) is 12.8 Å². The number of aromatic nitrogens is 1. The van der Waals surface area contributed by atoms with Crippen LogP contribution in [0.25, 0.3) is 0 Å². The summed E-state index contributed by atoms with van der Waals surface area (Å²) in [6.07, 6.45) is 1.61. The highest BCUT2D eigenvalue weighted by molar-refractivity contribution is 5.74. The molecule has 0 saturated carbocycles. The third-order valence-corrected chi connectivity index (χ3v) is 4.12. The number of carbonyl (C=O) groups is 1. The van der Waals surface area contributed by atoms with Gasteiger partial charge in [0, 0.05) is 12.1 Å². The van der Waals surface area contributed by atoms with Crippen molar-refractivity contribution in [2.45, 2.75) is 39.7 Å². The van der Waals surface area contributed by atoms with E-state index in [-0.39, 0.29) is 12.6 Å². The molecular formula is C18H25N3O3. The molecule has 1 aromatic carbocycles. The van der Waals surface area contributed by atoms with E-state index in [0.717, 1.165) is 29.0 Å². The minimum Gasteiger partial charge on any atom is -0.394 e. The number of aryl methyl sites for hydroxylation is 3. The van der Waals surface area contributed by atoms with Crippen molar-refractivity contribution in [1.29, 1.82) is 0 Å². The normalized spacial score (nSPS) is 12.0. The number of amides is 2. The maximum atomic E-state index is 12.0. The lowest BCUT2D eigenvalue weighted by molar-refractivity contribution is 0.217. The maximum absolute atomic E-state index is 12.0. The van der Waals surface area contributed by atoms with Crippen molar-refractivity contribution in [3.63, 3.8) is 0 Å². The predicted octanol–water partition coefficient (Wildman–Crippen LogP) is 2.43. The van der Waals surface area contributed by atoms with Crippen LogP contribution in [-0.4, -0.2) is 29.4 Å². The van der Waals surface area contributed by atoms with Crippen LogP contribution in [0.15, 0.2) is 28.8 Å². The molecule has 0 fully saturated rings. The van der Waals surface area contributed by atoms with Crippen LogP contribution in [0.4, 0.5) is 4.79 Å². The lowest BCUT2D eigenvalue weighted by Gasteiger charge is -2.17. The van der Waals surface area contributed by atoms with Crippen molar-refractivity contribution in [2.75, 3.05) is 13.2 Å². The zero-order valence-electron chi connectivity index (χ0n) is 14.4. The van der Waals surface area contributed by atoms with E-state index in [9.17, 15) is 9.90 Å². The molecule has 0 aliphatic rings. The first-order chi connectivity index (χ1) is 11.5. The van der Waals surface area contributed by atoms with E-state index >= 15 is 0 Å². The van der Waals surface area contributed by atoms with Crippen LogP contribution in [0.1, 0.15) is 41.1 Å². The number of hydrogen-bond donors (Lipinski definition) is 3. The fourth-order valence-corrected chi connectivity index (χ4v) is 2.59. The number of carbonyl (C=O) groups excluding carboxylic acids is 1. The molecule has 0 aliphatic carbocycles. The number of nitrogens with one attached hydrogen (secondary N) is 2. The van der Waals surface area contributed by atoms with E-state index in [4.69, 9.17) is 4.52 Å². The molecule has 1 atom stereocenters. The Kier molecular flexibility index (Phi) is 6.37. The van der Waals surface area contributed by atoms with Crippen molar-refractivity contribution in [2.24, 2.45) is 0 Å². The molecule has 2 aromatic rings. The van der Waals surface area contributed by atoms with Gasteiger partial charge in [-0.3, -0.25) is 0 Å². The molecule has 2 rings (SSSR count). The average molecular weight is 331 g/mol. The van der Waals surface area contributed by atoms with Gasteiger partial charge in [-0.05, 0) is 37.8 Å². The van der Waals surface area contributed by atoms with Gasteiger partial charge in [-0.15, -0.1) is 0 Å². The molecule has 0 radical (unpaired) electrons. The summed E-state index contributed by atoms with van der Waals surface area (Å²) in [5.74, 6) is 0.777. The largest absolute Gasteiger partial charge is 0.394 e. The van der Waals surface area contributed by atoms with Crippen molar-refractivity contribution >= 4 is 6.03 Å². The Morgan fingerprint density at radius 1 is 1.29 bits per heavy atom. The quantitative estimate of drug-likeness (QED) is 0.727. The fraction of sp³-hybridized carbons (Fsp3) is 0.444. The standard InChI is InChI=1S/C18H25N3O3/c1-4-14-5-7-15(8-6-14)17(11-22)20-18(23)19-10-9-16-12(2)21-24-13(16)3/h5-8,17,22H,4,9-11H2,1-3H3,(H2,19,20,23). The third-order valence-electron chi connectivity index (χ3n) is 4.12. The Morgan fingerprint density at radius 2 is 2.00 bits per heavy atom. The predicted molar refractivity (Wildman–Crippen MR) is 91.9 cm³/mol. The fourth-order valence-electron chi connectivity index (χ4n) is 2.59. The van der Waals surface area contributed by atoms with Gasteiger partial charge in [0.15, 0.2) is 0 Å². The molecule has 2 amide bonds. The van der Waals surface area contributed by atoms with E-state index in [1.807, 2.05) is 38.1 Å². The summed E-state index contributed by atoms with van der Waals surface area (Å²) in [6.45, 7) is 6.15. The Balaban J connectivity index is 1.85.